The van der Waals surface area contributed by atoms with Crippen LogP contribution >= 0.6 is 23.4 Å². The van der Waals surface area contributed by atoms with Gasteiger partial charge in [-0.05, 0) is 12.1 Å². The van der Waals surface area contributed by atoms with E-state index in [9.17, 15) is 4.79 Å². The van der Waals surface area contributed by atoms with Crippen molar-refractivity contribution in [3.8, 4) is 11.4 Å². The van der Waals surface area contributed by atoms with Crippen LogP contribution in [0.25, 0.3) is 11.4 Å². The van der Waals surface area contributed by atoms with Crippen molar-refractivity contribution < 1.29 is 9.32 Å². The van der Waals surface area contributed by atoms with Gasteiger partial charge in [-0.15, -0.1) is 11.8 Å². The molecule has 1 atom stereocenters. The van der Waals surface area contributed by atoms with Crippen LogP contribution in [-0.2, 0) is 4.79 Å². The lowest BCUT2D eigenvalue weighted by Crippen LogP contribution is -2.30. The van der Waals surface area contributed by atoms with Gasteiger partial charge in [0, 0.05) is 22.8 Å². The lowest BCUT2D eigenvalue weighted by molar-refractivity contribution is -0.131. The Hall–Kier alpha value is -1.53. The highest BCUT2D eigenvalue weighted by molar-refractivity contribution is 7.99. The number of carbonyl (C=O) groups is 1. The van der Waals surface area contributed by atoms with Crippen molar-refractivity contribution in [1.29, 1.82) is 0 Å². The first-order valence-corrected chi connectivity index (χ1v) is 8.19. The Morgan fingerprint density at radius 1 is 1.57 bits per heavy atom. The lowest BCUT2D eigenvalue weighted by Gasteiger charge is -2.19. The summed E-state index contributed by atoms with van der Waals surface area (Å²) in [6.45, 7) is 1.85. The molecule has 1 aliphatic heterocycles. The number of hydrogen-bond acceptors (Lipinski definition) is 5. The van der Waals surface area contributed by atoms with Crippen molar-refractivity contribution in [2.45, 2.75) is 19.4 Å². The highest BCUT2D eigenvalue weighted by Gasteiger charge is 2.33. The number of nitrogens with zero attached hydrogens (tertiary/aromatic N) is 3. The number of carbonyl (C=O) groups excluding carboxylic acids is 1. The molecule has 0 saturated carbocycles. The first-order chi connectivity index (χ1) is 10.2. The van der Waals surface area contributed by atoms with E-state index in [-0.39, 0.29) is 11.9 Å². The van der Waals surface area contributed by atoms with Gasteiger partial charge in [-0.25, -0.2) is 0 Å². The molecule has 0 spiro atoms. The molecule has 21 heavy (non-hydrogen) atoms. The van der Waals surface area contributed by atoms with E-state index in [1.807, 2.05) is 19.1 Å². The molecule has 0 bridgehead atoms. The van der Waals surface area contributed by atoms with E-state index in [1.165, 1.54) is 0 Å². The van der Waals surface area contributed by atoms with Gasteiger partial charge >= 0.3 is 0 Å². The molecule has 1 saturated heterocycles. The maximum atomic E-state index is 11.9. The number of halogens is 1. The molecule has 2 aromatic rings. The fourth-order valence-corrected chi connectivity index (χ4v) is 3.57. The van der Waals surface area contributed by atoms with Crippen molar-refractivity contribution in [2.75, 3.05) is 11.6 Å². The second-order valence-corrected chi connectivity index (χ2v) is 6.14. The van der Waals surface area contributed by atoms with Gasteiger partial charge in [-0.1, -0.05) is 35.8 Å². The van der Waals surface area contributed by atoms with Gasteiger partial charge in [-0.2, -0.15) is 4.98 Å². The zero-order chi connectivity index (χ0) is 14.8. The van der Waals surface area contributed by atoms with Gasteiger partial charge in [0.05, 0.1) is 5.88 Å². The molecule has 1 aromatic carbocycles. The van der Waals surface area contributed by atoms with Gasteiger partial charge in [0.2, 0.25) is 11.7 Å². The van der Waals surface area contributed by atoms with E-state index in [1.54, 1.807) is 28.8 Å². The fraction of sp³-hybridized carbons (Fsp3) is 0.357. The molecule has 0 aliphatic carbocycles. The van der Waals surface area contributed by atoms with Gasteiger partial charge in [0.15, 0.2) is 0 Å². The van der Waals surface area contributed by atoms with Crippen molar-refractivity contribution in [3.05, 3.63) is 35.2 Å². The standard InChI is InChI=1S/C14H14ClN3O2S/c1-2-12(19)18-8-21-7-11(18)14-16-13(17-20-14)9-4-3-5-10(15)6-9/h3-6,11H,2,7-8H2,1H3. The first kappa shape index (κ1) is 14.4. The summed E-state index contributed by atoms with van der Waals surface area (Å²) in [5.41, 5.74) is 0.802. The van der Waals surface area contributed by atoms with E-state index < -0.39 is 0 Å². The quantitative estimate of drug-likeness (QED) is 0.866. The van der Waals surface area contributed by atoms with Crippen molar-refractivity contribution >= 4 is 29.3 Å². The predicted molar refractivity (Wildman–Crippen MR) is 81.9 cm³/mol. The summed E-state index contributed by atoms with van der Waals surface area (Å²) in [6.07, 6.45) is 0.479. The average molecular weight is 324 g/mol. The Morgan fingerprint density at radius 2 is 2.43 bits per heavy atom. The van der Waals surface area contributed by atoms with E-state index in [4.69, 9.17) is 16.1 Å². The summed E-state index contributed by atoms with van der Waals surface area (Å²) in [7, 11) is 0. The van der Waals surface area contributed by atoms with Crippen LogP contribution in [-0.4, -0.2) is 32.6 Å². The predicted octanol–water partition coefficient (Wildman–Crippen LogP) is 3.37. The van der Waals surface area contributed by atoms with E-state index in [2.05, 4.69) is 10.1 Å². The topological polar surface area (TPSA) is 59.2 Å². The summed E-state index contributed by atoms with van der Waals surface area (Å²) in [5, 5.41) is 4.62. The molecule has 1 amide bonds. The Labute approximate surface area is 131 Å². The van der Waals surface area contributed by atoms with Crippen LogP contribution < -0.4 is 0 Å². The van der Waals surface area contributed by atoms with E-state index >= 15 is 0 Å². The van der Waals surface area contributed by atoms with Crippen LogP contribution in [0.1, 0.15) is 25.3 Å². The SMILES string of the molecule is CCC(=O)N1CSCC1c1nc(-c2cccc(Cl)c2)no1. The molecule has 1 aliphatic rings. The molecule has 1 unspecified atom stereocenters. The molecule has 2 heterocycles. The Balaban J connectivity index is 1.86. The number of aromatic nitrogens is 2. The summed E-state index contributed by atoms with van der Waals surface area (Å²) >= 11 is 7.66. The van der Waals surface area contributed by atoms with Crippen LogP contribution in [0.2, 0.25) is 5.02 Å². The van der Waals surface area contributed by atoms with Crippen molar-refractivity contribution in [2.24, 2.45) is 0 Å². The Bertz CT molecular complexity index is 661. The van der Waals surface area contributed by atoms with Gasteiger partial charge in [0.1, 0.15) is 6.04 Å². The molecule has 5 nitrogen and oxygen atoms in total. The monoisotopic (exact) mass is 323 g/mol. The summed E-state index contributed by atoms with van der Waals surface area (Å²) < 4.78 is 5.36. The van der Waals surface area contributed by atoms with Crippen molar-refractivity contribution in [3.63, 3.8) is 0 Å². The molecule has 0 radical (unpaired) electrons. The second kappa shape index (κ2) is 6.07. The average Bonchev–Trinajstić information content (AvgIpc) is 3.15. The summed E-state index contributed by atoms with van der Waals surface area (Å²) in [5.74, 6) is 2.53. The highest BCUT2D eigenvalue weighted by Crippen LogP contribution is 2.33. The van der Waals surface area contributed by atoms with Crippen LogP contribution in [0.3, 0.4) is 0 Å². The first-order valence-electron chi connectivity index (χ1n) is 6.65. The third-order valence-corrected chi connectivity index (χ3v) is 4.56. The Kier molecular flexibility index (Phi) is 4.17. The molecular weight excluding hydrogens is 310 g/mol. The minimum absolute atomic E-state index is 0.104. The van der Waals surface area contributed by atoms with Crippen LogP contribution in [0.15, 0.2) is 28.8 Å². The van der Waals surface area contributed by atoms with Crippen LogP contribution in [0.5, 0.6) is 0 Å². The number of amides is 1. The molecule has 3 rings (SSSR count). The lowest BCUT2D eigenvalue weighted by atomic mass is 10.2. The molecule has 7 heteroatoms. The third-order valence-electron chi connectivity index (χ3n) is 3.31. The number of benzene rings is 1. The molecule has 110 valence electrons. The molecular formula is C14H14ClN3O2S. The number of hydrogen-bond donors (Lipinski definition) is 0. The fourth-order valence-electron chi connectivity index (χ4n) is 2.21. The Morgan fingerprint density at radius 3 is 3.19 bits per heavy atom. The smallest absolute Gasteiger partial charge is 0.250 e. The maximum Gasteiger partial charge on any atom is 0.250 e. The van der Waals surface area contributed by atoms with Gasteiger partial charge < -0.3 is 9.42 Å². The summed E-state index contributed by atoms with van der Waals surface area (Å²) in [4.78, 5) is 18.1. The molecule has 1 fully saturated rings. The minimum Gasteiger partial charge on any atom is -0.337 e. The van der Waals surface area contributed by atoms with E-state index in [0.29, 0.717) is 29.0 Å². The summed E-state index contributed by atoms with van der Waals surface area (Å²) in [6, 6.07) is 7.16. The van der Waals surface area contributed by atoms with Gasteiger partial charge in [-0.3, -0.25) is 4.79 Å². The third kappa shape index (κ3) is 2.91. The highest BCUT2D eigenvalue weighted by atomic mass is 35.5. The number of thioether (sulfide) groups is 1. The molecule has 0 N–H and O–H groups in total. The van der Waals surface area contributed by atoms with Crippen LogP contribution in [0.4, 0.5) is 0 Å². The molecule has 1 aromatic heterocycles. The normalized spacial score (nSPS) is 18.2. The number of rotatable bonds is 3. The second-order valence-electron chi connectivity index (χ2n) is 4.70. The van der Waals surface area contributed by atoms with E-state index in [0.717, 1.165) is 11.3 Å². The largest absolute Gasteiger partial charge is 0.337 e. The van der Waals surface area contributed by atoms with Crippen molar-refractivity contribution in [1.82, 2.24) is 15.0 Å². The van der Waals surface area contributed by atoms with Crippen LogP contribution in [0, 0.1) is 0 Å². The zero-order valence-electron chi connectivity index (χ0n) is 11.5. The minimum atomic E-state index is -0.136. The zero-order valence-corrected chi connectivity index (χ0v) is 13.0. The maximum absolute atomic E-state index is 11.9. The van der Waals surface area contributed by atoms with Gasteiger partial charge in [0.25, 0.3) is 5.89 Å².